The van der Waals surface area contributed by atoms with Crippen molar-refractivity contribution in [3.8, 4) is 0 Å². The molecular weight excluding hydrogens is 324 g/mol. The second kappa shape index (κ2) is 7.82. The molecule has 0 spiro atoms. The SMILES string of the molecule is O=C(Nc1cccnc1)c1cc(CN2CCOCC2)ccc1[N+](=O)[O-]. The average molecular weight is 342 g/mol. The Morgan fingerprint density at radius 1 is 1.32 bits per heavy atom. The van der Waals surface area contributed by atoms with Crippen molar-refractivity contribution in [2.75, 3.05) is 31.6 Å². The Morgan fingerprint density at radius 3 is 2.80 bits per heavy atom. The zero-order chi connectivity index (χ0) is 17.6. The van der Waals surface area contributed by atoms with E-state index in [4.69, 9.17) is 4.74 Å². The van der Waals surface area contributed by atoms with E-state index in [-0.39, 0.29) is 11.3 Å². The maximum atomic E-state index is 12.5. The number of carbonyl (C=O) groups is 1. The molecule has 8 heteroatoms. The molecule has 0 radical (unpaired) electrons. The zero-order valence-electron chi connectivity index (χ0n) is 13.6. The molecule has 1 amide bonds. The van der Waals surface area contributed by atoms with Gasteiger partial charge in [0.1, 0.15) is 5.56 Å². The van der Waals surface area contributed by atoms with E-state index in [1.165, 1.54) is 12.3 Å². The van der Waals surface area contributed by atoms with Crippen molar-refractivity contribution in [3.05, 3.63) is 64.0 Å². The molecule has 1 aromatic carbocycles. The average Bonchev–Trinajstić information content (AvgIpc) is 2.63. The third kappa shape index (κ3) is 4.37. The van der Waals surface area contributed by atoms with Gasteiger partial charge < -0.3 is 10.1 Å². The summed E-state index contributed by atoms with van der Waals surface area (Å²) < 4.78 is 5.32. The van der Waals surface area contributed by atoms with Crippen LogP contribution in [-0.4, -0.2) is 47.0 Å². The Hall–Kier alpha value is -2.84. The van der Waals surface area contributed by atoms with Gasteiger partial charge in [0.25, 0.3) is 11.6 Å². The maximum Gasteiger partial charge on any atom is 0.282 e. The minimum atomic E-state index is -0.545. The van der Waals surface area contributed by atoms with E-state index in [0.29, 0.717) is 25.4 Å². The standard InChI is InChI=1S/C17H18N4O4/c22-17(19-14-2-1-5-18-11-14)15-10-13(3-4-16(15)21(23)24)12-20-6-8-25-9-7-20/h1-5,10-11H,6-9,12H2,(H,19,22). The number of nitro groups is 1. The quantitative estimate of drug-likeness (QED) is 0.660. The van der Waals surface area contributed by atoms with E-state index >= 15 is 0 Å². The number of nitrogens with one attached hydrogen (secondary N) is 1. The summed E-state index contributed by atoms with van der Waals surface area (Å²) in [5, 5.41) is 13.9. The molecule has 0 unspecified atom stereocenters. The fraction of sp³-hybridized carbons (Fsp3) is 0.294. The molecule has 1 N–H and O–H groups in total. The normalized spacial score (nSPS) is 14.9. The lowest BCUT2D eigenvalue weighted by atomic mass is 10.1. The first kappa shape index (κ1) is 17.0. The number of hydrogen-bond acceptors (Lipinski definition) is 6. The number of hydrogen-bond donors (Lipinski definition) is 1. The predicted octanol–water partition coefficient (Wildman–Crippen LogP) is 2.07. The highest BCUT2D eigenvalue weighted by molar-refractivity contribution is 6.07. The summed E-state index contributed by atoms with van der Waals surface area (Å²) in [6, 6.07) is 8.01. The van der Waals surface area contributed by atoms with E-state index in [1.807, 2.05) is 0 Å². The smallest absolute Gasteiger partial charge is 0.282 e. The number of nitro benzene ring substituents is 1. The molecule has 0 bridgehead atoms. The molecule has 1 fully saturated rings. The monoisotopic (exact) mass is 342 g/mol. The van der Waals surface area contributed by atoms with Crippen molar-refractivity contribution in [3.63, 3.8) is 0 Å². The van der Waals surface area contributed by atoms with Crippen LogP contribution in [0.4, 0.5) is 11.4 Å². The van der Waals surface area contributed by atoms with Crippen molar-refractivity contribution in [1.82, 2.24) is 9.88 Å². The number of aromatic nitrogens is 1. The third-order valence-electron chi connectivity index (χ3n) is 3.93. The van der Waals surface area contributed by atoms with Gasteiger partial charge in [-0.25, -0.2) is 0 Å². The number of amides is 1. The number of carbonyl (C=O) groups excluding carboxylic acids is 1. The predicted molar refractivity (Wildman–Crippen MR) is 91.4 cm³/mol. The summed E-state index contributed by atoms with van der Waals surface area (Å²) in [5.41, 5.74) is 1.16. The van der Waals surface area contributed by atoms with Crippen LogP contribution >= 0.6 is 0 Å². The zero-order valence-corrected chi connectivity index (χ0v) is 13.6. The maximum absolute atomic E-state index is 12.5. The van der Waals surface area contributed by atoms with Crippen molar-refractivity contribution >= 4 is 17.3 Å². The van der Waals surface area contributed by atoms with Gasteiger partial charge in [0.15, 0.2) is 0 Å². The molecule has 2 heterocycles. The first-order valence-electron chi connectivity index (χ1n) is 7.92. The van der Waals surface area contributed by atoms with Crippen LogP contribution in [0, 0.1) is 10.1 Å². The molecule has 130 valence electrons. The van der Waals surface area contributed by atoms with Gasteiger partial charge in [-0.1, -0.05) is 6.07 Å². The van der Waals surface area contributed by atoms with E-state index < -0.39 is 10.8 Å². The number of morpholine rings is 1. The summed E-state index contributed by atoms with van der Waals surface area (Å²) >= 11 is 0. The molecule has 1 aliphatic heterocycles. The molecule has 25 heavy (non-hydrogen) atoms. The Balaban J connectivity index is 1.82. The molecule has 0 saturated carbocycles. The largest absolute Gasteiger partial charge is 0.379 e. The summed E-state index contributed by atoms with van der Waals surface area (Å²) in [7, 11) is 0. The number of anilines is 1. The highest BCUT2D eigenvalue weighted by Gasteiger charge is 2.22. The Morgan fingerprint density at radius 2 is 2.12 bits per heavy atom. The third-order valence-corrected chi connectivity index (χ3v) is 3.93. The van der Waals surface area contributed by atoms with E-state index in [2.05, 4.69) is 15.2 Å². The van der Waals surface area contributed by atoms with Crippen LogP contribution in [0.2, 0.25) is 0 Å². The number of ether oxygens (including phenoxy) is 1. The summed E-state index contributed by atoms with van der Waals surface area (Å²) in [6.07, 6.45) is 3.07. The molecule has 2 aromatic rings. The van der Waals surface area contributed by atoms with Crippen LogP contribution in [0.5, 0.6) is 0 Å². The highest BCUT2D eigenvalue weighted by Crippen LogP contribution is 2.22. The van der Waals surface area contributed by atoms with Crippen molar-refractivity contribution < 1.29 is 14.5 Å². The Labute approximate surface area is 144 Å². The number of benzene rings is 1. The lowest BCUT2D eigenvalue weighted by Gasteiger charge is -2.26. The topological polar surface area (TPSA) is 97.6 Å². The molecule has 0 atom stereocenters. The van der Waals surface area contributed by atoms with Gasteiger partial charge in [-0.2, -0.15) is 0 Å². The number of nitrogens with zero attached hydrogens (tertiary/aromatic N) is 3. The van der Waals surface area contributed by atoms with E-state index in [0.717, 1.165) is 18.7 Å². The second-order valence-electron chi connectivity index (χ2n) is 5.69. The van der Waals surface area contributed by atoms with Crippen molar-refractivity contribution in [2.45, 2.75) is 6.54 Å². The number of pyridine rings is 1. The Kier molecular flexibility index (Phi) is 5.32. The van der Waals surface area contributed by atoms with Gasteiger partial charge >= 0.3 is 0 Å². The summed E-state index contributed by atoms with van der Waals surface area (Å²) in [4.78, 5) is 29.3. The van der Waals surface area contributed by atoms with Gasteiger partial charge in [0.05, 0.1) is 30.0 Å². The van der Waals surface area contributed by atoms with Gasteiger partial charge in [0.2, 0.25) is 0 Å². The molecular formula is C17H18N4O4. The van der Waals surface area contributed by atoms with Gasteiger partial charge in [-0.3, -0.25) is 24.8 Å². The van der Waals surface area contributed by atoms with Gasteiger partial charge in [-0.15, -0.1) is 0 Å². The Bertz CT molecular complexity index is 760. The van der Waals surface area contributed by atoms with Crippen LogP contribution in [0.15, 0.2) is 42.7 Å². The van der Waals surface area contributed by atoms with Crippen LogP contribution in [0.25, 0.3) is 0 Å². The first-order chi connectivity index (χ1) is 12.1. The molecule has 3 rings (SSSR count). The van der Waals surface area contributed by atoms with Crippen LogP contribution < -0.4 is 5.32 Å². The fourth-order valence-corrected chi connectivity index (χ4v) is 2.68. The second-order valence-corrected chi connectivity index (χ2v) is 5.69. The van der Waals surface area contributed by atoms with Gasteiger partial charge in [0, 0.05) is 31.9 Å². The molecule has 1 aromatic heterocycles. The summed E-state index contributed by atoms with van der Waals surface area (Å²) in [6.45, 7) is 3.56. The molecule has 1 saturated heterocycles. The lowest BCUT2D eigenvalue weighted by molar-refractivity contribution is -0.385. The number of rotatable bonds is 5. The lowest BCUT2D eigenvalue weighted by Crippen LogP contribution is -2.35. The van der Waals surface area contributed by atoms with Crippen molar-refractivity contribution in [1.29, 1.82) is 0 Å². The first-order valence-corrected chi connectivity index (χ1v) is 7.92. The van der Waals surface area contributed by atoms with E-state index in [1.54, 1.807) is 30.5 Å². The van der Waals surface area contributed by atoms with Crippen molar-refractivity contribution in [2.24, 2.45) is 0 Å². The minimum Gasteiger partial charge on any atom is -0.379 e. The minimum absolute atomic E-state index is 0.0413. The van der Waals surface area contributed by atoms with Crippen LogP contribution in [0.1, 0.15) is 15.9 Å². The highest BCUT2D eigenvalue weighted by atomic mass is 16.6. The molecule has 1 aliphatic rings. The summed E-state index contributed by atoms with van der Waals surface area (Å²) in [5.74, 6) is -0.525. The fourth-order valence-electron chi connectivity index (χ4n) is 2.68. The van der Waals surface area contributed by atoms with E-state index in [9.17, 15) is 14.9 Å². The molecule has 8 nitrogen and oxygen atoms in total. The molecule has 0 aliphatic carbocycles. The van der Waals surface area contributed by atoms with Gasteiger partial charge in [-0.05, 0) is 23.8 Å². The van der Waals surface area contributed by atoms with Crippen LogP contribution in [0.3, 0.4) is 0 Å². The van der Waals surface area contributed by atoms with Crippen LogP contribution in [-0.2, 0) is 11.3 Å².